The number of para-hydroxylation sites is 1. The molecule has 0 heterocycles. The van der Waals surface area contributed by atoms with Crippen molar-refractivity contribution in [3.05, 3.63) is 65.0 Å². The van der Waals surface area contributed by atoms with Crippen molar-refractivity contribution < 1.29 is 14.2 Å². The summed E-state index contributed by atoms with van der Waals surface area (Å²) in [5, 5.41) is 18.4. The van der Waals surface area contributed by atoms with Crippen LogP contribution >= 0.6 is 0 Å². The fourth-order valence-corrected chi connectivity index (χ4v) is 1.89. The highest BCUT2D eigenvalue weighted by atomic mass is 19.1. The Morgan fingerprint density at radius 3 is 2.70 bits per heavy atom. The Kier molecular flexibility index (Phi) is 4.34. The van der Waals surface area contributed by atoms with Crippen LogP contribution in [0, 0.1) is 17.1 Å². The zero-order chi connectivity index (χ0) is 14.5. The van der Waals surface area contributed by atoms with Gasteiger partial charge in [0.25, 0.3) is 0 Å². The average Bonchev–Trinajstić information content (AvgIpc) is 2.46. The number of nitriles is 1. The fraction of sp³-hybridized carbons (Fsp3) is 0.188. The zero-order valence-electron chi connectivity index (χ0n) is 11.0. The highest BCUT2D eigenvalue weighted by Gasteiger charge is 2.11. The van der Waals surface area contributed by atoms with Gasteiger partial charge in [-0.15, -0.1) is 0 Å². The third-order valence-electron chi connectivity index (χ3n) is 2.95. The van der Waals surface area contributed by atoms with E-state index in [9.17, 15) is 9.50 Å². The molecule has 20 heavy (non-hydrogen) atoms. The highest BCUT2D eigenvalue weighted by Crippen LogP contribution is 2.25. The molecule has 0 saturated carbocycles. The van der Waals surface area contributed by atoms with E-state index >= 15 is 0 Å². The Hall–Kier alpha value is -2.38. The molecule has 0 radical (unpaired) electrons. The van der Waals surface area contributed by atoms with E-state index < -0.39 is 11.9 Å². The molecule has 0 fully saturated rings. The monoisotopic (exact) mass is 271 g/mol. The molecule has 0 saturated heterocycles. The van der Waals surface area contributed by atoms with Gasteiger partial charge >= 0.3 is 0 Å². The lowest BCUT2D eigenvalue weighted by atomic mass is 10.1. The van der Waals surface area contributed by atoms with Crippen molar-refractivity contribution in [1.29, 1.82) is 5.26 Å². The van der Waals surface area contributed by atoms with Crippen LogP contribution in [0.2, 0.25) is 0 Å². The SMILES string of the molecule is CC(O)c1ccccc1OCc1cccc(C#N)c1F. The van der Waals surface area contributed by atoms with Crippen molar-refractivity contribution in [2.75, 3.05) is 0 Å². The zero-order valence-corrected chi connectivity index (χ0v) is 11.0. The van der Waals surface area contributed by atoms with Gasteiger partial charge in [0.15, 0.2) is 0 Å². The maximum absolute atomic E-state index is 13.9. The topological polar surface area (TPSA) is 53.2 Å². The number of aliphatic hydroxyl groups is 1. The summed E-state index contributed by atoms with van der Waals surface area (Å²) in [6.07, 6.45) is -0.665. The number of aliphatic hydroxyl groups excluding tert-OH is 1. The molecule has 0 bridgehead atoms. The van der Waals surface area contributed by atoms with Gasteiger partial charge in [-0.05, 0) is 19.1 Å². The minimum Gasteiger partial charge on any atom is -0.488 e. The molecular formula is C16H14FNO2. The number of ether oxygens (including phenoxy) is 1. The minimum atomic E-state index is -0.665. The average molecular weight is 271 g/mol. The van der Waals surface area contributed by atoms with Gasteiger partial charge in [0.2, 0.25) is 0 Å². The predicted molar refractivity (Wildman–Crippen MR) is 72.5 cm³/mol. The van der Waals surface area contributed by atoms with E-state index in [4.69, 9.17) is 10.00 Å². The van der Waals surface area contributed by atoms with Crippen LogP contribution in [-0.2, 0) is 6.61 Å². The Bertz CT molecular complexity index is 647. The molecule has 0 aromatic heterocycles. The third kappa shape index (κ3) is 2.95. The van der Waals surface area contributed by atoms with Gasteiger partial charge in [0.1, 0.15) is 24.2 Å². The maximum atomic E-state index is 13.9. The molecule has 102 valence electrons. The second kappa shape index (κ2) is 6.18. The van der Waals surface area contributed by atoms with Crippen molar-refractivity contribution in [3.8, 4) is 11.8 Å². The van der Waals surface area contributed by atoms with Gasteiger partial charge in [-0.1, -0.05) is 30.3 Å². The van der Waals surface area contributed by atoms with E-state index in [1.54, 1.807) is 49.4 Å². The van der Waals surface area contributed by atoms with E-state index in [1.807, 2.05) is 0 Å². The van der Waals surface area contributed by atoms with Gasteiger partial charge in [0, 0.05) is 11.1 Å². The summed E-state index contributed by atoms with van der Waals surface area (Å²) in [4.78, 5) is 0. The van der Waals surface area contributed by atoms with Gasteiger partial charge in [-0.3, -0.25) is 0 Å². The first-order valence-electron chi connectivity index (χ1n) is 6.20. The molecule has 1 unspecified atom stereocenters. The number of hydrogen-bond acceptors (Lipinski definition) is 3. The quantitative estimate of drug-likeness (QED) is 0.928. The van der Waals surface area contributed by atoms with Crippen molar-refractivity contribution in [2.45, 2.75) is 19.6 Å². The Labute approximate surface area is 116 Å². The standard InChI is InChI=1S/C16H14FNO2/c1-11(19)14-7-2-3-8-15(14)20-10-13-6-4-5-12(9-18)16(13)17/h2-8,11,19H,10H2,1H3. The van der Waals surface area contributed by atoms with Gasteiger partial charge in [0.05, 0.1) is 11.7 Å². The summed E-state index contributed by atoms with van der Waals surface area (Å²) in [6, 6.07) is 13.4. The number of nitrogens with zero attached hydrogens (tertiary/aromatic N) is 1. The maximum Gasteiger partial charge on any atom is 0.147 e. The van der Waals surface area contributed by atoms with E-state index in [0.717, 1.165) is 0 Å². The molecule has 0 spiro atoms. The highest BCUT2D eigenvalue weighted by molar-refractivity contribution is 5.37. The van der Waals surface area contributed by atoms with E-state index in [0.29, 0.717) is 16.9 Å². The second-order valence-electron chi connectivity index (χ2n) is 4.39. The van der Waals surface area contributed by atoms with Crippen molar-refractivity contribution in [3.63, 3.8) is 0 Å². The first-order valence-corrected chi connectivity index (χ1v) is 6.20. The number of hydrogen-bond donors (Lipinski definition) is 1. The van der Waals surface area contributed by atoms with Gasteiger partial charge in [-0.25, -0.2) is 4.39 Å². The minimum absolute atomic E-state index is 0.00471. The second-order valence-corrected chi connectivity index (χ2v) is 4.39. The molecule has 2 aromatic rings. The van der Waals surface area contributed by atoms with Crippen LogP contribution in [0.3, 0.4) is 0 Å². The Morgan fingerprint density at radius 2 is 2.00 bits per heavy atom. The van der Waals surface area contributed by atoms with Crippen LogP contribution in [0.5, 0.6) is 5.75 Å². The Morgan fingerprint density at radius 1 is 1.25 bits per heavy atom. The van der Waals surface area contributed by atoms with Crippen LogP contribution in [0.1, 0.15) is 29.7 Å². The fourth-order valence-electron chi connectivity index (χ4n) is 1.89. The normalized spacial score (nSPS) is 11.7. The van der Waals surface area contributed by atoms with Crippen LogP contribution in [-0.4, -0.2) is 5.11 Å². The lowest BCUT2D eigenvalue weighted by Gasteiger charge is -2.13. The largest absolute Gasteiger partial charge is 0.488 e. The lowest BCUT2D eigenvalue weighted by Crippen LogP contribution is -2.03. The number of rotatable bonds is 4. The number of halogens is 1. The van der Waals surface area contributed by atoms with Crippen LogP contribution in [0.4, 0.5) is 4.39 Å². The van der Waals surface area contributed by atoms with E-state index in [2.05, 4.69) is 0 Å². The van der Waals surface area contributed by atoms with Crippen molar-refractivity contribution in [1.82, 2.24) is 0 Å². The van der Waals surface area contributed by atoms with Crippen molar-refractivity contribution in [2.24, 2.45) is 0 Å². The lowest BCUT2D eigenvalue weighted by molar-refractivity contribution is 0.190. The van der Waals surface area contributed by atoms with Crippen LogP contribution < -0.4 is 4.74 Å². The molecule has 0 aliphatic rings. The molecule has 0 aliphatic carbocycles. The van der Waals surface area contributed by atoms with Crippen LogP contribution in [0.25, 0.3) is 0 Å². The molecule has 1 atom stereocenters. The third-order valence-corrected chi connectivity index (χ3v) is 2.95. The molecule has 0 aliphatic heterocycles. The molecule has 3 nitrogen and oxygen atoms in total. The molecule has 0 amide bonds. The first kappa shape index (κ1) is 14.0. The Balaban J connectivity index is 2.20. The summed E-state index contributed by atoms with van der Waals surface area (Å²) >= 11 is 0. The first-order chi connectivity index (χ1) is 9.63. The number of benzene rings is 2. The summed E-state index contributed by atoms with van der Waals surface area (Å²) in [5.41, 5.74) is 0.948. The molecule has 4 heteroatoms. The van der Waals surface area contributed by atoms with E-state index in [-0.39, 0.29) is 12.2 Å². The van der Waals surface area contributed by atoms with Gasteiger partial charge < -0.3 is 9.84 Å². The summed E-state index contributed by atoms with van der Waals surface area (Å²) < 4.78 is 19.4. The molecule has 1 N–H and O–H groups in total. The van der Waals surface area contributed by atoms with E-state index in [1.165, 1.54) is 6.07 Å². The van der Waals surface area contributed by atoms with Gasteiger partial charge in [-0.2, -0.15) is 5.26 Å². The summed E-state index contributed by atoms with van der Waals surface area (Å²) in [7, 11) is 0. The smallest absolute Gasteiger partial charge is 0.147 e. The molecular weight excluding hydrogens is 257 g/mol. The summed E-state index contributed by atoms with van der Waals surface area (Å²) in [6.45, 7) is 1.64. The predicted octanol–water partition coefficient (Wildman–Crippen LogP) is 3.33. The molecule has 2 rings (SSSR count). The summed E-state index contributed by atoms with van der Waals surface area (Å²) in [5.74, 6) is -0.0613. The molecule has 2 aromatic carbocycles. The van der Waals surface area contributed by atoms with Crippen LogP contribution in [0.15, 0.2) is 42.5 Å². The van der Waals surface area contributed by atoms with Crippen molar-refractivity contribution >= 4 is 0 Å².